The highest BCUT2D eigenvalue weighted by Gasteiger charge is 2.25. The van der Waals surface area contributed by atoms with Crippen molar-refractivity contribution >= 4 is 5.91 Å². The lowest BCUT2D eigenvalue weighted by Gasteiger charge is -2.35. The SMILES string of the molecule is Cc1cc(C(=O)NC2CCN(CC3COCCO3)CC2)n(C)n1. The summed E-state index contributed by atoms with van der Waals surface area (Å²) in [5.74, 6) is -0.0319. The molecule has 23 heavy (non-hydrogen) atoms. The van der Waals surface area contributed by atoms with Crippen LogP contribution < -0.4 is 5.32 Å². The van der Waals surface area contributed by atoms with Gasteiger partial charge >= 0.3 is 0 Å². The van der Waals surface area contributed by atoms with Crippen molar-refractivity contribution in [1.29, 1.82) is 0 Å². The fraction of sp³-hybridized carbons (Fsp3) is 0.750. The molecule has 0 spiro atoms. The van der Waals surface area contributed by atoms with Gasteiger partial charge in [0.05, 0.1) is 31.6 Å². The van der Waals surface area contributed by atoms with Crippen molar-refractivity contribution in [1.82, 2.24) is 20.0 Å². The van der Waals surface area contributed by atoms with Crippen LogP contribution in [0.15, 0.2) is 6.07 Å². The fourth-order valence-corrected chi connectivity index (χ4v) is 3.27. The number of nitrogens with one attached hydrogen (secondary N) is 1. The molecular weight excluding hydrogens is 296 g/mol. The van der Waals surface area contributed by atoms with E-state index in [0.29, 0.717) is 25.5 Å². The first-order valence-corrected chi connectivity index (χ1v) is 8.35. The summed E-state index contributed by atoms with van der Waals surface area (Å²) in [5.41, 5.74) is 1.49. The van der Waals surface area contributed by atoms with Crippen molar-refractivity contribution in [2.24, 2.45) is 7.05 Å². The predicted molar refractivity (Wildman–Crippen MR) is 85.4 cm³/mol. The number of rotatable bonds is 4. The molecule has 3 rings (SSSR count). The molecule has 0 aliphatic carbocycles. The van der Waals surface area contributed by atoms with Crippen LogP contribution in [-0.2, 0) is 16.5 Å². The first-order valence-electron chi connectivity index (χ1n) is 8.35. The van der Waals surface area contributed by atoms with Gasteiger partial charge in [0.1, 0.15) is 5.69 Å². The number of hydrogen-bond donors (Lipinski definition) is 1. The molecular formula is C16H26N4O3. The maximum atomic E-state index is 12.3. The zero-order valence-electron chi connectivity index (χ0n) is 14.0. The Morgan fingerprint density at radius 2 is 2.17 bits per heavy atom. The van der Waals surface area contributed by atoms with Crippen molar-refractivity contribution in [2.45, 2.75) is 31.9 Å². The standard InChI is InChI=1S/C16H26N4O3/c1-12-9-15(19(2)18-12)16(21)17-13-3-5-20(6-4-13)10-14-11-22-7-8-23-14/h9,13-14H,3-8,10-11H2,1-2H3,(H,17,21). The Bertz CT molecular complexity index is 531. The van der Waals surface area contributed by atoms with Gasteiger partial charge in [-0.05, 0) is 25.8 Å². The Kier molecular flexibility index (Phi) is 5.30. The van der Waals surface area contributed by atoms with Crippen LogP contribution in [0.4, 0.5) is 0 Å². The molecule has 0 bridgehead atoms. The highest BCUT2D eigenvalue weighted by Crippen LogP contribution is 2.13. The van der Waals surface area contributed by atoms with E-state index in [2.05, 4.69) is 15.3 Å². The molecule has 2 fully saturated rings. The highest BCUT2D eigenvalue weighted by molar-refractivity contribution is 5.92. The van der Waals surface area contributed by atoms with Gasteiger partial charge in [0.25, 0.3) is 5.91 Å². The van der Waals surface area contributed by atoms with E-state index in [1.54, 1.807) is 11.7 Å². The number of nitrogens with zero attached hydrogens (tertiary/aromatic N) is 3. The predicted octanol–water partition coefficient (Wildman–Crippen LogP) is 0.338. The van der Waals surface area contributed by atoms with Gasteiger partial charge in [-0.3, -0.25) is 9.48 Å². The summed E-state index contributed by atoms with van der Waals surface area (Å²) in [4.78, 5) is 14.7. The molecule has 1 N–H and O–H groups in total. The normalized spacial score (nSPS) is 23.8. The number of piperidine rings is 1. The molecule has 1 unspecified atom stereocenters. The van der Waals surface area contributed by atoms with Crippen molar-refractivity contribution in [2.75, 3.05) is 39.5 Å². The zero-order valence-corrected chi connectivity index (χ0v) is 14.0. The second-order valence-electron chi connectivity index (χ2n) is 6.41. The monoisotopic (exact) mass is 322 g/mol. The number of carbonyl (C=O) groups is 1. The molecule has 1 aromatic heterocycles. The van der Waals surface area contributed by atoms with Crippen LogP contribution in [0.2, 0.25) is 0 Å². The van der Waals surface area contributed by atoms with E-state index < -0.39 is 0 Å². The summed E-state index contributed by atoms with van der Waals surface area (Å²) in [5, 5.41) is 7.36. The van der Waals surface area contributed by atoms with Gasteiger partial charge in [0, 0.05) is 32.7 Å². The Morgan fingerprint density at radius 1 is 1.39 bits per heavy atom. The van der Waals surface area contributed by atoms with E-state index in [9.17, 15) is 4.79 Å². The molecule has 1 atom stereocenters. The largest absolute Gasteiger partial charge is 0.376 e. The van der Waals surface area contributed by atoms with Crippen LogP contribution in [0.3, 0.4) is 0 Å². The molecule has 7 heteroatoms. The van der Waals surface area contributed by atoms with E-state index >= 15 is 0 Å². The molecule has 1 aromatic rings. The average molecular weight is 322 g/mol. The number of hydrogen-bond acceptors (Lipinski definition) is 5. The summed E-state index contributed by atoms with van der Waals surface area (Å²) in [6, 6.07) is 2.06. The Labute approximate surface area is 136 Å². The summed E-state index contributed by atoms with van der Waals surface area (Å²) in [6.45, 7) is 6.87. The van der Waals surface area contributed by atoms with Gasteiger partial charge in [0.2, 0.25) is 0 Å². The van der Waals surface area contributed by atoms with E-state index in [0.717, 1.165) is 38.2 Å². The topological polar surface area (TPSA) is 68.6 Å². The minimum atomic E-state index is -0.0319. The second-order valence-corrected chi connectivity index (χ2v) is 6.41. The van der Waals surface area contributed by atoms with Crippen LogP contribution in [0.25, 0.3) is 0 Å². The maximum Gasteiger partial charge on any atom is 0.269 e. The summed E-state index contributed by atoms with van der Waals surface area (Å²) < 4.78 is 12.8. The van der Waals surface area contributed by atoms with E-state index in [1.807, 2.05) is 13.0 Å². The van der Waals surface area contributed by atoms with Gasteiger partial charge in [-0.15, -0.1) is 0 Å². The number of aromatic nitrogens is 2. The minimum Gasteiger partial charge on any atom is -0.376 e. The Morgan fingerprint density at radius 3 is 2.78 bits per heavy atom. The molecule has 7 nitrogen and oxygen atoms in total. The molecule has 0 aromatic carbocycles. The third-order valence-corrected chi connectivity index (χ3v) is 4.50. The van der Waals surface area contributed by atoms with Crippen molar-refractivity contribution < 1.29 is 14.3 Å². The van der Waals surface area contributed by atoms with Crippen LogP contribution in [0, 0.1) is 6.92 Å². The average Bonchev–Trinajstić information content (AvgIpc) is 2.89. The van der Waals surface area contributed by atoms with Gasteiger partial charge in [0.15, 0.2) is 0 Å². The highest BCUT2D eigenvalue weighted by atomic mass is 16.6. The molecule has 128 valence electrons. The van der Waals surface area contributed by atoms with Crippen molar-refractivity contribution in [3.63, 3.8) is 0 Å². The first-order chi connectivity index (χ1) is 11.1. The molecule has 1 amide bonds. The van der Waals surface area contributed by atoms with Crippen LogP contribution in [-0.4, -0.2) is 72.2 Å². The summed E-state index contributed by atoms with van der Waals surface area (Å²) >= 11 is 0. The molecule has 2 aliphatic heterocycles. The van der Waals surface area contributed by atoms with E-state index in [1.165, 1.54) is 0 Å². The molecule has 0 saturated carbocycles. The Hall–Kier alpha value is -1.44. The van der Waals surface area contributed by atoms with E-state index in [-0.39, 0.29) is 18.1 Å². The van der Waals surface area contributed by atoms with Crippen molar-refractivity contribution in [3.05, 3.63) is 17.5 Å². The molecule has 2 aliphatic rings. The van der Waals surface area contributed by atoms with Crippen molar-refractivity contribution in [3.8, 4) is 0 Å². The summed E-state index contributed by atoms with van der Waals surface area (Å²) in [7, 11) is 1.80. The fourth-order valence-electron chi connectivity index (χ4n) is 3.27. The lowest BCUT2D eigenvalue weighted by atomic mass is 10.0. The molecule has 0 radical (unpaired) electrons. The van der Waals surface area contributed by atoms with Gasteiger partial charge < -0.3 is 19.7 Å². The number of ether oxygens (including phenoxy) is 2. The second kappa shape index (κ2) is 7.42. The number of aryl methyl sites for hydroxylation is 2. The zero-order chi connectivity index (χ0) is 16.2. The maximum absolute atomic E-state index is 12.3. The lowest BCUT2D eigenvalue weighted by Crippen LogP contribution is -2.48. The molecule has 3 heterocycles. The first kappa shape index (κ1) is 16.4. The lowest BCUT2D eigenvalue weighted by molar-refractivity contribution is -0.0988. The number of carbonyl (C=O) groups excluding carboxylic acids is 1. The van der Waals surface area contributed by atoms with Crippen LogP contribution >= 0.6 is 0 Å². The number of amides is 1. The van der Waals surface area contributed by atoms with Gasteiger partial charge in [-0.1, -0.05) is 0 Å². The quantitative estimate of drug-likeness (QED) is 0.866. The third kappa shape index (κ3) is 4.31. The smallest absolute Gasteiger partial charge is 0.269 e. The minimum absolute atomic E-state index is 0.0319. The Balaban J connectivity index is 1.43. The third-order valence-electron chi connectivity index (χ3n) is 4.50. The molecule has 2 saturated heterocycles. The number of likely N-dealkylation sites (tertiary alicyclic amines) is 1. The van der Waals surface area contributed by atoms with Gasteiger partial charge in [-0.2, -0.15) is 5.10 Å². The van der Waals surface area contributed by atoms with Crippen LogP contribution in [0.5, 0.6) is 0 Å². The summed E-state index contributed by atoms with van der Waals surface area (Å²) in [6.07, 6.45) is 2.12. The van der Waals surface area contributed by atoms with E-state index in [4.69, 9.17) is 9.47 Å². The van der Waals surface area contributed by atoms with Crippen LogP contribution in [0.1, 0.15) is 29.0 Å². The van der Waals surface area contributed by atoms with Gasteiger partial charge in [-0.25, -0.2) is 0 Å².